The van der Waals surface area contributed by atoms with Crippen molar-refractivity contribution >= 4 is 12.1 Å². The van der Waals surface area contributed by atoms with E-state index in [4.69, 9.17) is 9.47 Å². The van der Waals surface area contributed by atoms with Crippen LogP contribution in [0, 0.1) is 5.92 Å². The van der Waals surface area contributed by atoms with Crippen LogP contribution in [0.1, 0.15) is 12.5 Å². The van der Waals surface area contributed by atoms with E-state index in [0.717, 1.165) is 5.56 Å². The van der Waals surface area contributed by atoms with Gasteiger partial charge in [0.2, 0.25) is 0 Å². The van der Waals surface area contributed by atoms with E-state index in [1.54, 1.807) is 0 Å². The molecule has 96 valence electrons. The van der Waals surface area contributed by atoms with Gasteiger partial charge in [0.05, 0.1) is 6.61 Å². The Morgan fingerprint density at radius 2 is 2.17 bits per heavy atom. The Hall–Kier alpha value is -2.04. The monoisotopic (exact) mass is 249 g/mol. The summed E-state index contributed by atoms with van der Waals surface area (Å²) in [6, 6.07) is 8.74. The van der Waals surface area contributed by atoms with E-state index in [-0.39, 0.29) is 12.5 Å². The van der Waals surface area contributed by atoms with Crippen molar-refractivity contribution in [2.45, 2.75) is 19.6 Å². The molecule has 1 amide bonds. The standard InChI is InChI=1S/C13H15NO4/c1-9-7-17-12(15)11(9)14-13(16)18-8-10-5-3-2-4-6-10/h2-6,9,11H,7-8H2,1H3,(H,14,16)/t9-,11-/m0/s1. The normalized spacial score (nSPS) is 22.4. The molecule has 0 bridgehead atoms. The fraction of sp³-hybridized carbons (Fsp3) is 0.385. The smallest absolute Gasteiger partial charge is 0.408 e. The summed E-state index contributed by atoms with van der Waals surface area (Å²) in [5, 5.41) is 2.51. The maximum atomic E-state index is 11.5. The van der Waals surface area contributed by atoms with Gasteiger partial charge in [-0.3, -0.25) is 0 Å². The number of nitrogens with one attached hydrogen (secondary N) is 1. The molecule has 1 heterocycles. The van der Waals surface area contributed by atoms with Crippen molar-refractivity contribution in [1.82, 2.24) is 5.32 Å². The van der Waals surface area contributed by atoms with Gasteiger partial charge < -0.3 is 14.8 Å². The minimum absolute atomic E-state index is 0.0261. The largest absolute Gasteiger partial charge is 0.464 e. The average Bonchev–Trinajstić information content (AvgIpc) is 2.69. The molecule has 2 rings (SSSR count). The van der Waals surface area contributed by atoms with Crippen LogP contribution in [-0.2, 0) is 20.9 Å². The molecule has 1 saturated heterocycles. The summed E-state index contributed by atoms with van der Waals surface area (Å²) in [6.07, 6.45) is -0.602. The quantitative estimate of drug-likeness (QED) is 0.824. The Balaban J connectivity index is 1.80. The molecule has 0 radical (unpaired) electrons. The summed E-state index contributed by atoms with van der Waals surface area (Å²) in [7, 11) is 0. The third kappa shape index (κ3) is 3.00. The van der Waals surface area contributed by atoms with Crippen LogP contribution in [0.25, 0.3) is 0 Å². The van der Waals surface area contributed by atoms with Gasteiger partial charge in [-0.15, -0.1) is 0 Å². The number of carbonyl (C=O) groups excluding carboxylic acids is 2. The lowest BCUT2D eigenvalue weighted by atomic mass is 10.1. The van der Waals surface area contributed by atoms with Crippen LogP contribution in [0.2, 0.25) is 0 Å². The number of ether oxygens (including phenoxy) is 2. The van der Waals surface area contributed by atoms with Crippen LogP contribution in [0.5, 0.6) is 0 Å². The van der Waals surface area contributed by atoms with Gasteiger partial charge in [-0.1, -0.05) is 37.3 Å². The van der Waals surface area contributed by atoms with E-state index in [1.807, 2.05) is 37.3 Å². The molecule has 1 aliphatic heterocycles. The van der Waals surface area contributed by atoms with Crippen LogP contribution in [0.4, 0.5) is 4.79 Å². The first kappa shape index (κ1) is 12.4. The zero-order chi connectivity index (χ0) is 13.0. The molecule has 0 saturated carbocycles. The average molecular weight is 249 g/mol. The van der Waals surface area contributed by atoms with Crippen molar-refractivity contribution in [3.63, 3.8) is 0 Å². The molecule has 5 heteroatoms. The van der Waals surface area contributed by atoms with Crippen LogP contribution in [-0.4, -0.2) is 24.7 Å². The Morgan fingerprint density at radius 1 is 1.44 bits per heavy atom. The number of cyclic esters (lactones) is 1. The van der Waals surface area contributed by atoms with Crippen molar-refractivity contribution in [2.24, 2.45) is 5.92 Å². The van der Waals surface area contributed by atoms with Gasteiger partial charge in [0.15, 0.2) is 0 Å². The van der Waals surface area contributed by atoms with Gasteiger partial charge in [-0.25, -0.2) is 9.59 Å². The molecule has 2 atom stereocenters. The highest BCUT2D eigenvalue weighted by atomic mass is 16.6. The molecule has 1 aliphatic rings. The first-order valence-corrected chi connectivity index (χ1v) is 5.80. The van der Waals surface area contributed by atoms with Crippen LogP contribution < -0.4 is 5.32 Å². The van der Waals surface area contributed by atoms with Crippen LogP contribution >= 0.6 is 0 Å². The molecule has 0 aliphatic carbocycles. The van der Waals surface area contributed by atoms with Crippen molar-refractivity contribution < 1.29 is 19.1 Å². The van der Waals surface area contributed by atoms with E-state index >= 15 is 0 Å². The van der Waals surface area contributed by atoms with Gasteiger partial charge >= 0.3 is 12.1 Å². The minimum atomic E-state index is -0.603. The highest BCUT2D eigenvalue weighted by molar-refractivity contribution is 5.83. The molecular formula is C13H15NO4. The molecular weight excluding hydrogens is 234 g/mol. The Bertz CT molecular complexity index is 432. The predicted molar refractivity (Wildman–Crippen MR) is 63.7 cm³/mol. The third-order valence-corrected chi connectivity index (χ3v) is 2.80. The summed E-state index contributed by atoms with van der Waals surface area (Å²) in [5.74, 6) is -0.430. The molecule has 0 unspecified atom stereocenters. The Kier molecular flexibility index (Phi) is 3.82. The fourth-order valence-corrected chi connectivity index (χ4v) is 1.72. The number of esters is 1. The Labute approximate surface area is 105 Å². The van der Waals surface area contributed by atoms with E-state index < -0.39 is 18.1 Å². The number of amides is 1. The number of alkyl carbamates (subject to hydrolysis) is 1. The van der Waals surface area contributed by atoms with Crippen molar-refractivity contribution in [3.05, 3.63) is 35.9 Å². The highest BCUT2D eigenvalue weighted by Crippen LogP contribution is 2.14. The van der Waals surface area contributed by atoms with Gasteiger partial charge in [-0.2, -0.15) is 0 Å². The van der Waals surface area contributed by atoms with Gasteiger partial charge in [0.25, 0.3) is 0 Å². The second-order valence-electron chi connectivity index (χ2n) is 4.29. The topological polar surface area (TPSA) is 64.6 Å². The molecule has 1 aromatic rings. The van der Waals surface area contributed by atoms with Crippen molar-refractivity contribution in [2.75, 3.05) is 6.61 Å². The number of hydrogen-bond acceptors (Lipinski definition) is 4. The maximum absolute atomic E-state index is 11.5. The maximum Gasteiger partial charge on any atom is 0.408 e. The van der Waals surface area contributed by atoms with Crippen LogP contribution in [0.3, 0.4) is 0 Å². The van der Waals surface area contributed by atoms with Crippen molar-refractivity contribution in [3.8, 4) is 0 Å². The first-order chi connectivity index (χ1) is 8.66. The lowest BCUT2D eigenvalue weighted by molar-refractivity contribution is -0.139. The van der Waals surface area contributed by atoms with Crippen molar-refractivity contribution in [1.29, 1.82) is 0 Å². The molecule has 18 heavy (non-hydrogen) atoms. The fourth-order valence-electron chi connectivity index (χ4n) is 1.72. The van der Waals surface area contributed by atoms with E-state index in [9.17, 15) is 9.59 Å². The van der Waals surface area contributed by atoms with Gasteiger partial charge in [0.1, 0.15) is 12.6 Å². The lowest BCUT2D eigenvalue weighted by Gasteiger charge is -2.13. The molecule has 0 aromatic heterocycles. The molecule has 0 spiro atoms. The summed E-state index contributed by atoms with van der Waals surface area (Å²) >= 11 is 0. The summed E-state index contributed by atoms with van der Waals surface area (Å²) < 4.78 is 9.86. The van der Waals surface area contributed by atoms with Gasteiger partial charge in [0, 0.05) is 5.92 Å². The lowest BCUT2D eigenvalue weighted by Crippen LogP contribution is -2.41. The second-order valence-corrected chi connectivity index (χ2v) is 4.29. The molecule has 5 nitrogen and oxygen atoms in total. The number of carbonyl (C=O) groups is 2. The SMILES string of the molecule is C[C@H]1COC(=O)[C@H]1NC(=O)OCc1ccccc1. The minimum Gasteiger partial charge on any atom is -0.464 e. The zero-order valence-electron chi connectivity index (χ0n) is 10.1. The third-order valence-electron chi connectivity index (χ3n) is 2.80. The second kappa shape index (κ2) is 5.53. The van der Waals surface area contributed by atoms with Gasteiger partial charge in [-0.05, 0) is 5.56 Å². The molecule has 1 aromatic carbocycles. The predicted octanol–water partition coefficient (Wildman–Crippen LogP) is 1.47. The summed E-state index contributed by atoms with van der Waals surface area (Å²) in [4.78, 5) is 22.8. The highest BCUT2D eigenvalue weighted by Gasteiger charge is 2.35. The summed E-state index contributed by atoms with van der Waals surface area (Å²) in [6.45, 7) is 2.36. The van der Waals surface area contributed by atoms with Crippen LogP contribution in [0.15, 0.2) is 30.3 Å². The molecule has 1 fully saturated rings. The first-order valence-electron chi connectivity index (χ1n) is 5.80. The zero-order valence-corrected chi connectivity index (χ0v) is 10.1. The number of rotatable bonds is 3. The number of hydrogen-bond donors (Lipinski definition) is 1. The van der Waals surface area contributed by atoms with E-state index in [2.05, 4.69) is 5.32 Å². The molecule has 1 N–H and O–H groups in total. The summed E-state index contributed by atoms with van der Waals surface area (Å²) in [5.41, 5.74) is 0.898. The van der Waals surface area contributed by atoms with E-state index in [1.165, 1.54) is 0 Å². The Morgan fingerprint density at radius 3 is 2.78 bits per heavy atom. The van der Waals surface area contributed by atoms with E-state index in [0.29, 0.717) is 6.61 Å². The number of benzene rings is 1.